The third-order valence-corrected chi connectivity index (χ3v) is 8.87. The van der Waals surface area contributed by atoms with Crippen molar-refractivity contribution in [3.63, 3.8) is 0 Å². The average Bonchev–Trinajstić information content (AvgIpc) is 3.11. The predicted octanol–water partition coefficient (Wildman–Crippen LogP) is 11.4. The lowest BCUT2D eigenvalue weighted by atomic mass is 9.95. The first-order valence-electron chi connectivity index (χ1n) is 14.7. The lowest BCUT2D eigenvalue weighted by molar-refractivity contribution is -0.382. The van der Waals surface area contributed by atoms with Crippen LogP contribution >= 0.6 is 0 Å². The standard InChI is InChI=1S/C37H22F9NO2S/c38-34(39,36(42,43)44)35(40,41)37(45,46)50(48)49-33-20-19-28(29-13-7-8-14-30(29)33)24-17-15-23(16-18-24)27-21-31(25-9-3-1-4-10-25)47-32(22-27)26-11-5-2-6-12-26/h1-22H. The summed E-state index contributed by atoms with van der Waals surface area (Å²) < 4.78 is 138. The summed E-state index contributed by atoms with van der Waals surface area (Å²) in [5.74, 6) is -15.0. The summed E-state index contributed by atoms with van der Waals surface area (Å²) in [4.78, 5) is 4.87. The average molecular weight is 716 g/mol. The van der Waals surface area contributed by atoms with Crippen LogP contribution in [-0.2, 0) is 11.1 Å². The molecule has 0 fully saturated rings. The van der Waals surface area contributed by atoms with Crippen molar-refractivity contribution in [3.05, 3.63) is 133 Å². The summed E-state index contributed by atoms with van der Waals surface area (Å²) in [6.45, 7) is 0. The molecule has 256 valence electrons. The molecule has 0 saturated carbocycles. The molecule has 1 unspecified atom stereocenters. The van der Waals surface area contributed by atoms with E-state index in [1.807, 2.05) is 84.9 Å². The first-order chi connectivity index (χ1) is 23.6. The second-order valence-electron chi connectivity index (χ2n) is 11.1. The van der Waals surface area contributed by atoms with Gasteiger partial charge in [-0.15, -0.1) is 0 Å². The Morgan fingerprint density at radius 2 is 0.960 bits per heavy atom. The van der Waals surface area contributed by atoms with Crippen LogP contribution in [0.15, 0.2) is 133 Å². The third kappa shape index (κ3) is 6.21. The molecule has 1 atom stereocenters. The van der Waals surface area contributed by atoms with Crippen LogP contribution in [0.1, 0.15) is 0 Å². The Hall–Kier alpha value is -5.17. The Morgan fingerprint density at radius 1 is 0.480 bits per heavy atom. The van der Waals surface area contributed by atoms with E-state index in [0.29, 0.717) is 16.5 Å². The molecule has 0 aliphatic rings. The van der Waals surface area contributed by atoms with Crippen molar-refractivity contribution in [1.82, 2.24) is 4.98 Å². The largest absolute Gasteiger partial charge is 0.460 e. The fourth-order valence-electron chi connectivity index (χ4n) is 5.25. The van der Waals surface area contributed by atoms with Crippen LogP contribution < -0.4 is 4.18 Å². The minimum atomic E-state index is -7.21. The molecule has 0 aliphatic heterocycles. The first-order valence-corrected chi connectivity index (χ1v) is 15.8. The Morgan fingerprint density at radius 3 is 1.48 bits per heavy atom. The monoisotopic (exact) mass is 715 g/mol. The Balaban J connectivity index is 1.34. The number of hydrogen-bond acceptors (Lipinski definition) is 3. The van der Waals surface area contributed by atoms with Crippen LogP contribution in [0, 0.1) is 0 Å². The maximum atomic E-state index is 14.3. The van der Waals surface area contributed by atoms with Gasteiger partial charge in [-0.25, -0.2) is 9.19 Å². The molecule has 50 heavy (non-hydrogen) atoms. The second kappa shape index (κ2) is 12.9. The summed E-state index contributed by atoms with van der Waals surface area (Å²) in [5.41, 5.74) is 6.10. The van der Waals surface area contributed by atoms with Crippen molar-refractivity contribution >= 4 is 21.9 Å². The number of benzene rings is 5. The maximum Gasteiger partial charge on any atom is 0.460 e. The number of halogens is 9. The van der Waals surface area contributed by atoms with E-state index in [2.05, 4.69) is 4.18 Å². The Bertz CT molecular complexity index is 2120. The number of hydrogen-bond donors (Lipinski definition) is 0. The lowest BCUT2D eigenvalue weighted by Gasteiger charge is -2.32. The van der Waals surface area contributed by atoms with Crippen LogP contribution in [0.3, 0.4) is 0 Å². The number of rotatable bonds is 9. The number of nitrogens with zero attached hydrogens (tertiary/aromatic N) is 1. The maximum absolute atomic E-state index is 14.3. The van der Waals surface area contributed by atoms with Gasteiger partial charge < -0.3 is 4.18 Å². The summed E-state index contributed by atoms with van der Waals surface area (Å²) in [6.07, 6.45) is -7.06. The number of alkyl halides is 9. The third-order valence-electron chi connectivity index (χ3n) is 7.87. The van der Waals surface area contributed by atoms with Crippen molar-refractivity contribution in [3.8, 4) is 50.5 Å². The molecule has 1 heterocycles. The highest BCUT2D eigenvalue weighted by atomic mass is 32.2. The van der Waals surface area contributed by atoms with Crippen LogP contribution in [0.4, 0.5) is 39.5 Å². The Labute approximate surface area is 281 Å². The molecular weight excluding hydrogens is 693 g/mol. The molecule has 0 bridgehead atoms. The molecular formula is C37H22F9NO2S. The van der Waals surface area contributed by atoms with Gasteiger partial charge in [0.25, 0.3) is 11.1 Å². The first kappa shape index (κ1) is 34.7. The molecule has 6 aromatic rings. The molecule has 6 rings (SSSR count). The van der Waals surface area contributed by atoms with Crippen LogP contribution in [0.2, 0.25) is 0 Å². The molecule has 0 radical (unpaired) electrons. The minimum Gasteiger partial charge on any atom is -0.395 e. The highest BCUT2D eigenvalue weighted by Gasteiger charge is 2.84. The SMILES string of the molecule is O=S(Oc1ccc(-c2ccc(-c3cc(-c4ccccc4)nc(-c4ccccc4)c3)cc2)c2ccccc12)C(F)(F)C(F)(F)C(F)(F)C(F)(F)F. The van der Waals surface area contributed by atoms with E-state index in [0.717, 1.165) is 39.7 Å². The molecule has 3 nitrogen and oxygen atoms in total. The number of fused-ring (bicyclic) bond motifs is 1. The molecule has 5 aromatic carbocycles. The van der Waals surface area contributed by atoms with Gasteiger partial charge in [0.15, 0.2) is 0 Å². The van der Waals surface area contributed by atoms with E-state index in [9.17, 15) is 43.7 Å². The smallest absolute Gasteiger partial charge is 0.395 e. The zero-order chi connectivity index (χ0) is 35.9. The molecule has 0 amide bonds. The van der Waals surface area contributed by atoms with E-state index >= 15 is 0 Å². The van der Waals surface area contributed by atoms with Gasteiger partial charge in [0.05, 0.1) is 11.4 Å². The zero-order valence-corrected chi connectivity index (χ0v) is 26.1. The number of aromatic nitrogens is 1. The van der Waals surface area contributed by atoms with Crippen molar-refractivity contribution in [2.45, 2.75) is 23.3 Å². The molecule has 1 aromatic heterocycles. The van der Waals surface area contributed by atoms with Gasteiger partial charge in [-0.05, 0) is 51.9 Å². The predicted molar refractivity (Wildman–Crippen MR) is 173 cm³/mol. The minimum absolute atomic E-state index is 0.0433. The van der Waals surface area contributed by atoms with Crippen LogP contribution in [0.25, 0.3) is 55.5 Å². The summed E-state index contributed by atoms with van der Waals surface area (Å²) in [7, 11) is 0. The quantitative estimate of drug-likeness (QED) is 0.140. The summed E-state index contributed by atoms with van der Waals surface area (Å²) >= 11 is -4.66. The van der Waals surface area contributed by atoms with E-state index in [4.69, 9.17) is 4.98 Å². The zero-order valence-electron chi connectivity index (χ0n) is 25.3. The molecule has 0 spiro atoms. The summed E-state index contributed by atoms with van der Waals surface area (Å²) in [5, 5.41) is -6.18. The topological polar surface area (TPSA) is 39.2 Å². The lowest BCUT2D eigenvalue weighted by Crippen LogP contribution is -2.62. The van der Waals surface area contributed by atoms with Gasteiger partial charge in [0.2, 0.25) is 0 Å². The van der Waals surface area contributed by atoms with Gasteiger partial charge in [-0.2, -0.15) is 39.5 Å². The molecule has 0 N–H and O–H groups in total. The fourth-order valence-corrected chi connectivity index (χ4v) is 6.00. The van der Waals surface area contributed by atoms with E-state index in [1.165, 1.54) is 24.3 Å². The van der Waals surface area contributed by atoms with E-state index in [-0.39, 0.29) is 5.39 Å². The van der Waals surface area contributed by atoms with Crippen molar-refractivity contribution in [2.75, 3.05) is 0 Å². The van der Waals surface area contributed by atoms with Crippen LogP contribution in [-0.4, -0.2) is 32.5 Å². The molecule has 0 saturated heterocycles. The van der Waals surface area contributed by atoms with Gasteiger partial charge in [0.1, 0.15) is 5.75 Å². The second-order valence-corrected chi connectivity index (χ2v) is 12.2. The fraction of sp³-hybridized carbons (Fsp3) is 0.108. The van der Waals surface area contributed by atoms with Gasteiger partial charge in [-0.1, -0.05) is 109 Å². The normalized spacial score (nSPS) is 13.3. The van der Waals surface area contributed by atoms with Crippen molar-refractivity contribution < 1.29 is 47.9 Å². The Kier molecular flexibility index (Phi) is 8.98. The highest BCUT2D eigenvalue weighted by molar-refractivity contribution is 7.81. The highest BCUT2D eigenvalue weighted by Crippen LogP contribution is 2.54. The van der Waals surface area contributed by atoms with E-state index < -0.39 is 40.1 Å². The molecule has 13 heteroatoms. The van der Waals surface area contributed by atoms with Gasteiger partial charge in [-0.3, -0.25) is 0 Å². The van der Waals surface area contributed by atoms with Crippen molar-refractivity contribution in [1.29, 1.82) is 0 Å². The van der Waals surface area contributed by atoms with Gasteiger partial charge >= 0.3 is 23.3 Å². The van der Waals surface area contributed by atoms with Gasteiger partial charge in [0, 0.05) is 16.5 Å². The summed E-state index contributed by atoms with van der Waals surface area (Å²) in [6, 6.07) is 38.4. The van der Waals surface area contributed by atoms with E-state index in [1.54, 1.807) is 18.2 Å². The van der Waals surface area contributed by atoms with Crippen LogP contribution in [0.5, 0.6) is 5.75 Å². The molecule has 0 aliphatic carbocycles. The van der Waals surface area contributed by atoms with Crippen molar-refractivity contribution in [2.24, 2.45) is 0 Å². The number of pyridine rings is 1.